The Bertz CT molecular complexity index is 740. The summed E-state index contributed by atoms with van der Waals surface area (Å²) in [5.74, 6) is 0. The number of halogens is 1. The van der Waals surface area contributed by atoms with Crippen LogP contribution in [0.25, 0.3) is 0 Å². The molecule has 4 nitrogen and oxygen atoms in total. The monoisotopic (exact) mass is 358 g/mol. The first kappa shape index (κ1) is 13.0. The highest BCUT2D eigenvalue weighted by Gasteiger charge is 2.33. The molecule has 0 atom stereocenters. The van der Waals surface area contributed by atoms with Crippen molar-refractivity contribution in [1.82, 2.24) is 0 Å². The molecule has 0 spiro atoms. The lowest BCUT2D eigenvalue weighted by atomic mass is 10.1. The van der Waals surface area contributed by atoms with Gasteiger partial charge in [0.25, 0.3) is 10.0 Å². The van der Waals surface area contributed by atoms with Crippen LogP contribution in [0.2, 0.25) is 0 Å². The fourth-order valence-electron chi connectivity index (χ4n) is 2.24. The van der Waals surface area contributed by atoms with E-state index >= 15 is 0 Å². The van der Waals surface area contributed by atoms with Gasteiger partial charge in [-0.3, -0.25) is 4.31 Å². The Labute approximate surface area is 124 Å². The fraction of sp³-hybridized carbons (Fsp3) is 0.167. The van der Waals surface area contributed by atoms with Crippen molar-refractivity contribution in [2.45, 2.75) is 10.6 Å². The van der Waals surface area contributed by atoms with Gasteiger partial charge in [-0.2, -0.15) is 0 Å². The van der Waals surface area contributed by atoms with Crippen LogP contribution in [-0.2, 0) is 16.4 Å². The quantitative estimate of drug-likeness (QED) is 0.839. The van der Waals surface area contributed by atoms with Gasteiger partial charge in [0.2, 0.25) is 0 Å². The molecule has 0 amide bonds. The third-order valence-corrected chi connectivity index (χ3v) is 6.97. The van der Waals surface area contributed by atoms with Crippen LogP contribution < -0.4 is 10.0 Å². The van der Waals surface area contributed by atoms with Crippen molar-refractivity contribution in [3.8, 4) is 0 Å². The second-order valence-electron chi connectivity index (χ2n) is 4.24. The second kappa shape index (κ2) is 4.50. The maximum absolute atomic E-state index is 12.6. The molecule has 1 aliphatic heterocycles. The van der Waals surface area contributed by atoms with Crippen LogP contribution in [0.4, 0.5) is 11.4 Å². The van der Waals surface area contributed by atoms with Gasteiger partial charge >= 0.3 is 0 Å². The molecule has 1 aliphatic rings. The Morgan fingerprint density at radius 2 is 2.05 bits per heavy atom. The summed E-state index contributed by atoms with van der Waals surface area (Å²) in [6.07, 6.45) is 0.701. The lowest BCUT2D eigenvalue weighted by Gasteiger charge is -2.19. The molecule has 2 aromatic rings. The van der Waals surface area contributed by atoms with Gasteiger partial charge in [-0.05, 0) is 46.1 Å². The third-order valence-electron chi connectivity index (χ3n) is 3.08. The molecule has 1 aromatic carbocycles. The van der Waals surface area contributed by atoms with Gasteiger partial charge in [0.05, 0.1) is 15.2 Å². The maximum Gasteiger partial charge on any atom is 0.273 e. The van der Waals surface area contributed by atoms with Crippen LogP contribution in [0, 0.1) is 0 Å². The zero-order valence-electron chi connectivity index (χ0n) is 9.84. The minimum absolute atomic E-state index is 0.329. The highest BCUT2D eigenvalue weighted by atomic mass is 79.9. The molecule has 0 bridgehead atoms. The average Bonchev–Trinajstić information content (AvgIpc) is 2.96. The van der Waals surface area contributed by atoms with E-state index in [2.05, 4.69) is 15.9 Å². The number of para-hydroxylation sites is 1. The van der Waals surface area contributed by atoms with Crippen LogP contribution in [-0.4, -0.2) is 15.0 Å². The molecule has 2 N–H and O–H groups in total. The zero-order chi connectivity index (χ0) is 13.6. The second-order valence-corrected chi connectivity index (χ2v) is 8.79. The van der Waals surface area contributed by atoms with Crippen molar-refractivity contribution >= 4 is 48.7 Å². The minimum Gasteiger partial charge on any atom is -0.397 e. The van der Waals surface area contributed by atoms with Crippen molar-refractivity contribution in [1.29, 1.82) is 0 Å². The number of nitrogens with zero attached hydrogens (tertiary/aromatic N) is 1. The normalized spacial score (nSPS) is 14.7. The molecule has 19 heavy (non-hydrogen) atoms. The van der Waals surface area contributed by atoms with E-state index < -0.39 is 10.0 Å². The lowest BCUT2D eigenvalue weighted by molar-refractivity contribution is 0.594. The highest BCUT2D eigenvalue weighted by molar-refractivity contribution is 9.11. The van der Waals surface area contributed by atoms with E-state index in [1.165, 1.54) is 15.6 Å². The number of nitrogens with two attached hydrogens (primary N) is 1. The topological polar surface area (TPSA) is 63.4 Å². The number of anilines is 2. The number of fused-ring (bicyclic) bond motifs is 1. The van der Waals surface area contributed by atoms with Crippen molar-refractivity contribution in [2.24, 2.45) is 0 Å². The number of rotatable bonds is 2. The minimum atomic E-state index is -3.51. The van der Waals surface area contributed by atoms with Crippen LogP contribution in [0.1, 0.15) is 5.56 Å². The molecule has 1 aromatic heterocycles. The summed E-state index contributed by atoms with van der Waals surface area (Å²) in [5.41, 5.74) is 8.06. The molecule has 0 saturated carbocycles. The summed E-state index contributed by atoms with van der Waals surface area (Å²) >= 11 is 4.50. The molecule has 3 rings (SSSR count). The summed E-state index contributed by atoms with van der Waals surface area (Å²) in [7, 11) is -3.51. The van der Waals surface area contributed by atoms with Crippen LogP contribution in [0.5, 0.6) is 0 Å². The Morgan fingerprint density at radius 3 is 2.74 bits per heavy atom. The van der Waals surface area contributed by atoms with E-state index in [-0.39, 0.29) is 0 Å². The standard InChI is InChI=1S/C12H11BrN2O2S2/c13-10-4-5-11(18-10)19(16,17)15-7-6-8-2-1-3-9(14)12(8)15/h1-5H,6-7,14H2. The molecule has 0 unspecified atom stereocenters. The Kier molecular flexibility index (Phi) is 3.07. The molecule has 0 aliphatic carbocycles. The Balaban J connectivity index is 2.11. The predicted molar refractivity (Wildman–Crippen MR) is 81.1 cm³/mol. The summed E-state index contributed by atoms with van der Waals surface area (Å²) in [4.78, 5) is 0. The van der Waals surface area contributed by atoms with E-state index in [0.29, 0.717) is 28.5 Å². The molecule has 100 valence electrons. The van der Waals surface area contributed by atoms with Crippen molar-refractivity contribution in [3.05, 3.63) is 39.7 Å². The number of hydrogen-bond acceptors (Lipinski definition) is 4. The molecule has 0 saturated heterocycles. The zero-order valence-corrected chi connectivity index (χ0v) is 13.1. The first-order valence-corrected chi connectivity index (χ1v) is 8.70. The van der Waals surface area contributed by atoms with Gasteiger partial charge in [0.1, 0.15) is 4.21 Å². The smallest absolute Gasteiger partial charge is 0.273 e. The van der Waals surface area contributed by atoms with E-state index in [1.54, 1.807) is 18.2 Å². The Hall–Kier alpha value is -1.05. The summed E-state index contributed by atoms with van der Waals surface area (Å²) in [6, 6.07) is 8.86. The van der Waals surface area contributed by atoms with E-state index in [4.69, 9.17) is 5.73 Å². The maximum atomic E-state index is 12.6. The SMILES string of the molecule is Nc1cccc2c1N(S(=O)(=O)c1ccc(Br)s1)CC2. The highest BCUT2D eigenvalue weighted by Crippen LogP contribution is 2.39. The third kappa shape index (κ3) is 2.05. The molecule has 7 heteroatoms. The first-order valence-electron chi connectivity index (χ1n) is 5.65. The van der Waals surface area contributed by atoms with Crippen molar-refractivity contribution in [2.75, 3.05) is 16.6 Å². The van der Waals surface area contributed by atoms with Crippen LogP contribution in [0.15, 0.2) is 38.3 Å². The molecule has 0 radical (unpaired) electrons. The van der Waals surface area contributed by atoms with Gasteiger partial charge in [-0.1, -0.05) is 12.1 Å². The number of nitrogen functional groups attached to an aromatic ring is 1. The number of thiophene rings is 1. The van der Waals surface area contributed by atoms with Gasteiger partial charge in [0.15, 0.2) is 0 Å². The summed E-state index contributed by atoms with van der Waals surface area (Å²) in [5, 5.41) is 0. The molecule has 0 fully saturated rings. The van der Waals surface area contributed by atoms with Crippen molar-refractivity contribution < 1.29 is 8.42 Å². The average molecular weight is 359 g/mol. The lowest BCUT2D eigenvalue weighted by Crippen LogP contribution is -2.29. The fourth-order valence-corrected chi connectivity index (χ4v) is 5.89. The first-order chi connectivity index (χ1) is 9.00. The molecule has 2 heterocycles. The van der Waals surface area contributed by atoms with Gasteiger partial charge in [-0.15, -0.1) is 11.3 Å². The van der Waals surface area contributed by atoms with Gasteiger partial charge < -0.3 is 5.73 Å². The largest absolute Gasteiger partial charge is 0.397 e. The number of benzene rings is 1. The Morgan fingerprint density at radius 1 is 1.26 bits per heavy atom. The van der Waals surface area contributed by atoms with E-state index in [9.17, 15) is 8.42 Å². The van der Waals surface area contributed by atoms with Crippen LogP contribution >= 0.6 is 27.3 Å². The van der Waals surface area contributed by atoms with E-state index in [1.807, 2.05) is 12.1 Å². The molecular weight excluding hydrogens is 348 g/mol. The van der Waals surface area contributed by atoms with E-state index in [0.717, 1.165) is 9.35 Å². The van der Waals surface area contributed by atoms with Gasteiger partial charge in [-0.25, -0.2) is 8.42 Å². The number of sulfonamides is 1. The van der Waals surface area contributed by atoms with Crippen molar-refractivity contribution in [3.63, 3.8) is 0 Å². The van der Waals surface area contributed by atoms with Gasteiger partial charge in [0, 0.05) is 6.54 Å². The van der Waals surface area contributed by atoms with Crippen LogP contribution in [0.3, 0.4) is 0 Å². The summed E-state index contributed by atoms with van der Waals surface area (Å²) < 4.78 is 27.8. The molecular formula is C12H11BrN2O2S2. The predicted octanol–water partition coefficient (Wildman–Crippen LogP) is 2.84. The number of hydrogen-bond donors (Lipinski definition) is 1. The summed E-state index contributed by atoms with van der Waals surface area (Å²) in [6.45, 7) is 0.446.